The summed E-state index contributed by atoms with van der Waals surface area (Å²) in [6.45, 7) is 29.0. The molecule has 1 rings (SSSR count). The molecule has 2 heteroatoms. The fourth-order valence-electron chi connectivity index (χ4n) is 2.42. The maximum Gasteiger partial charge on any atom is 0.132 e. The molecule has 170 valence electrons. The van der Waals surface area contributed by atoms with E-state index in [9.17, 15) is 0 Å². The van der Waals surface area contributed by atoms with Crippen molar-refractivity contribution in [1.82, 2.24) is 4.90 Å². The second-order valence-electron chi connectivity index (χ2n) is 8.52. The molecule has 0 aliphatic carbocycles. The maximum absolute atomic E-state index is 4.78. The minimum atomic E-state index is 0.161. The molecule has 0 atom stereocenters. The summed E-state index contributed by atoms with van der Waals surface area (Å²) in [7, 11) is 1.97. The van der Waals surface area contributed by atoms with Gasteiger partial charge in [0, 0.05) is 18.5 Å². The number of rotatable bonds is 7. The van der Waals surface area contributed by atoms with Crippen molar-refractivity contribution in [3.8, 4) is 0 Å². The molecule has 0 amide bonds. The highest BCUT2D eigenvalue weighted by Gasteiger charge is 2.13. The van der Waals surface area contributed by atoms with Crippen molar-refractivity contribution in [2.75, 3.05) is 7.05 Å². The molecule has 30 heavy (non-hydrogen) atoms. The van der Waals surface area contributed by atoms with Crippen LogP contribution in [0.15, 0.2) is 65.6 Å². The number of hydrogen-bond acceptors (Lipinski definition) is 2. The van der Waals surface area contributed by atoms with E-state index in [0.717, 1.165) is 28.4 Å². The lowest BCUT2D eigenvalue weighted by Gasteiger charge is -2.21. The van der Waals surface area contributed by atoms with Gasteiger partial charge in [-0.25, -0.2) is 4.99 Å². The minimum absolute atomic E-state index is 0.161. The molecule has 0 aliphatic heterocycles. The Bertz CT molecular complexity index is 680. The van der Waals surface area contributed by atoms with E-state index in [1.165, 1.54) is 24.8 Å². The van der Waals surface area contributed by atoms with Crippen LogP contribution in [-0.4, -0.2) is 17.7 Å². The molecular weight excluding hydrogens is 364 g/mol. The number of aliphatic imine (C=N–C) groups is 1. The van der Waals surface area contributed by atoms with Crippen LogP contribution in [0.2, 0.25) is 0 Å². The number of benzene rings is 1. The van der Waals surface area contributed by atoms with Gasteiger partial charge in [0.1, 0.15) is 5.82 Å². The van der Waals surface area contributed by atoms with Crippen molar-refractivity contribution in [3.05, 3.63) is 71.7 Å². The van der Waals surface area contributed by atoms with Crippen LogP contribution in [0.1, 0.15) is 99.6 Å². The van der Waals surface area contributed by atoms with E-state index in [1.807, 2.05) is 52.6 Å². The molecule has 0 N–H and O–H groups in total. The predicted molar refractivity (Wildman–Crippen MR) is 139 cm³/mol. The average molecular weight is 413 g/mol. The molecule has 0 unspecified atom stereocenters. The molecular formula is C28H48N2. The van der Waals surface area contributed by atoms with Gasteiger partial charge in [-0.15, -0.1) is 0 Å². The Morgan fingerprint density at radius 3 is 1.73 bits per heavy atom. The Balaban J connectivity index is 0. The first kappa shape index (κ1) is 30.1. The van der Waals surface area contributed by atoms with Crippen LogP contribution < -0.4 is 0 Å². The highest BCUT2D eigenvalue weighted by Crippen LogP contribution is 2.22. The first-order valence-corrected chi connectivity index (χ1v) is 11.4. The lowest BCUT2D eigenvalue weighted by molar-refractivity contribution is 0.517. The molecule has 1 aromatic carbocycles. The topological polar surface area (TPSA) is 15.6 Å². The van der Waals surface area contributed by atoms with E-state index in [0.29, 0.717) is 0 Å². The molecule has 0 saturated carbocycles. The summed E-state index contributed by atoms with van der Waals surface area (Å²) in [6, 6.07) is 8.63. The fourth-order valence-corrected chi connectivity index (χ4v) is 2.42. The highest BCUT2D eigenvalue weighted by atomic mass is 15.2. The van der Waals surface area contributed by atoms with E-state index in [1.54, 1.807) is 0 Å². The maximum atomic E-state index is 4.78. The largest absolute Gasteiger partial charge is 0.334 e. The molecule has 0 heterocycles. The van der Waals surface area contributed by atoms with Crippen molar-refractivity contribution in [2.24, 2.45) is 4.99 Å². The Labute approximate surface area is 188 Å². The molecule has 0 spiro atoms. The molecule has 0 bridgehead atoms. The van der Waals surface area contributed by atoms with Crippen LogP contribution in [0.3, 0.4) is 0 Å². The van der Waals surface area contributed by atoms with Crippen molar-refractivity contribution < 1.29 is 0 Å². The van der Waals surface area contributed by atoms with Crippen LogP contribution in [0, 0.1) is 0 Å². The summed E-state index contributed by atoms with van der Waals surface area (Å²) in [5, 5.41) is 0. The van der Waals surface area contributed by atoms with Crippen LogP contribution in [0.5, 0.6) is 0 Å². The van der Waals surface area contributed by atoms with E-state index in [2.05, 4.69) is 72.0 Å². The Hall–Kier alpha value is -2.09. The van der Waals surface area contributed by atoms with Crippen LogP contribution >= 0.6 is 0 Å². The molecule has 0 radical (unpaired) electrons. The van der Waals surface area contributed by atoms with Crippen molar-refractivity contribution in [3.63, 3.8) is 0 Å². The zero-order valence-electron chi connectivity index (χ0n) is 21.8. The average Bonchev–Trinajstić information content (AvgIpc) is 2.68. The number of allylic oxidation sites excluding steroid dienone is 3. The molecule has 0 aliphatic rings. The standard InChI is InChI=1S/C21H30N2.C5H12.C2H6/c1-15(2)14-20(23(9)16(3)4)22-17(5)18-10-12-19(13-11-18)21(6,7)8;1-3-5-4-2;1-2/h10-14H,1,3H2,2,4-9H3;3-5H2,1-2H3;1-2H3/b20-14-,22-17+;;. The van der Waals surface area contributed by atoms with Gasteiger partial charge in [0.2, 0.25) is 0 Å². The predicted octanol–water partition coefficient (Wildman–Crippen LogP) is 8.90. The molecule has 0 saturated heterocycles. The monoisotopic (exact) mass is 412 g/mol. The number of hydrogen-bond donors (Lipinski definition) is 0. The van der Waals surface area contributed by atoms with Crippen molar-refractivity contribution >= 4 is 5.71 Å². The van der Waals surface area contributed by atoms with Crippen LogP contribution in [0.25, 0.3) is 0 Å². The van der Waals surface area contributed by atoms with Crippen LogP contribution in [-0.2, 0) is 5.41 Å². The van der Waals surface area contributed by atoms with E-state index in [4.69, 9.17) is 4.99 Å². The summed E-state index contributed by atoms with van der Waals surface area (Å²) >= 11 is 0. The highest BCUT2D eigenvalue weighted by molar-refractivity contribution is 5.99. The van der Waals surface area contributed by atoms with Gasteiger partial charge in [-0.2, -0.15) is 0 Å². The number of nitrogens with zero attached hydrogens (tertiary/aromatic N) is 2. The van der Waals surface area contributed by atoms with Gasteiger partial charge in [0.25, 0.3) is 0 Å². The molecule has 0 aromatic heterocycles. The Morgan fingerprint density at radius 2 is 1.43 bits per heavy atom. The first-order chi connectivity index (χ1) is 13.9. The van der Waals surface area contributed by atoms with Gasteiger partial charge in [0.15, 0.2) is 0 Å². The first-order valence-electron chi connectivity index (χ1n) is 11.4. The summed E-state index contributed by atoms with van der Waals surface area (Å²) < 4.78 is 0. The Kier molecular flexibility index (Phi) is 15.8. The third-order valence-corrected chi connectivity index (χ3v) is 4.45. The Morgan fingerprint density at radius 1 is 0.967 bits per heavy atom. The fraction of sp³-hybridized carbons (Fsp3) is 0.536. The summed E-state index contributed by atoms with van der Waals surface area (Å²) in [6.07, 6.45) is 6.05. The van der Waals surface area contributed by atoms with E-state index >= 15 is 0 Å². The smallest absolute Gasteiger partial charge is 0.132 e. The van der Waals surface area contributed by atoms with E-state index < -0.39 is 0 Å². The third-order valence-electron chi connectivity index (χ3n) is 4.45. The van der Waals surface area contributed by atoms with Gasteiger partial charge in [-0.05, 0) is 43.4 Å². The van der Waals surface area contributed by atoms with Crippen LogP contribution in [0.4, 0.5) is 0 Å². The van der Waals surface area contributed by atoms with Gasteiger partial charge < -0.3 is 4.90 Å². The lowest BCUT2D eigenvalue weighted by atomic mass is 9.86. The SMILES string of the molecule is C=C(C)/C=C(/N=C(\C)c1ccc(C(C)(C)C)cc1)N(C)C(=C)C.CC.CCCCC. The van der Waals surface area contributed by atoms with Gasteiger partial charge in [0.05, 0.1) is 0 Å². The number of unbranched alkanes of at least 4 members (excludes halogenated alkanes) is 2. The summed E-state index contributed by atoms with van der Waals surface area (Å²) in [5.74, 6) is 0.849. The minimum Gasteiger partial charge on any atom is -0.334 e. The van der Waals surface area contributed by atoms with Crippen molar-refractivity contribution in [2.45, 2.75) is 93.9 Å². The van der Waals surface area contributed by atoms with Gasteiger partial charge >= 0.3 is 0 Å². The second kappa shape index (κ2) is 15.7. The second-order valence-corrected chi connectivity index (χ2v) is 8.52. The quantitative estimate of drug-likeness (QED) is 0.322. The lowest BCUT2D eigenvalue weighted by Crippen LogP contribution is -2.15. The van der Waals surface area contributed by atoms with Crippen molar-refractivity contribution in [1.29, 1.82) is 0 Å². The zero-order valence-corrected chi connectivity index (χ0v) is 21.8. The molecule has 2 nitrogen and oxygen atoms in total. The molecule has 1 aromatic rings. The molecule has 0 fully saturated rings. The van der Waals surface area contributed by atoms with E-state index in [-0.39, 0.29) is 5.41 Å². The van der Waals surface area contributed by atoms with Gasteiger partial charge in [-0.3, -0.25) is 0 Å². The van der Waals surface area contributed by atoms with Gasteiger partial charge in [-0.1, -0.05) is 111 Å². The summed E-state index contributed by atoms with van der Waals surface area (Å²) in [5.41, 5.74) is 5.50. The normalized spacial score (nSPS) is 11.6. The third kappa shape index (κ3) is 12.5. The summed E-state index contributed by atoms with van der Waals surface area (Å²) in [4.78, 5) is 6.76. The zero-order chi connectivity index (χ0) is 23.9.